The van der Waals surface area contributed by atoms with Crippen LogP contribution in [0.4, 0.5) is 4.39 Å². The van der Waals surface area contributed by atoms with Gasteiger partial charge in [-0.1, -0.05) is 17.7 Å². The third kappa shape index (κ3) is 2.80. The van der Waals surface area contributed by atoms with E-state index in [1.807, 2.05) is 0 Å². The SMILES string of the molecule is Cl.O=S(=O)(O)c1cccc(F)c1Cl. The van der Waals surface area contributed by atoms with Crippen molar-refractivity contribution in [1.29, 1.82) is 0 Å². The van der Waals surface area contributed by atoms with Gasteiger partial charge in [0.15, 0.2) is 0 Å². The van der Waals surface area contributed by atoms with Crippen molar-refractivity contribution < 1.29 is 17.4 Å². The predicted molar refractivity (Wildman–Crippen MR) is 48.5 cm³/mol. The van der Waals surface area contributed by atoms with Crippen LogP contribution in [-0.4, -0.2) is 13.0 Å². The first-order valence-corrected chi connectivity index (χ1v) is 4.66. The second kappa shape index (κ2) is 4.23. The van der Waals surface area contributed by atoms with Crippen molar-refractivity contribution in [2.75, 3.05) is 0 Å². The molecule has 0 bridgehead atoms. The first-order chi connectivity index (χ1) is 5.43. The zero-order valence-corrected chi connectivity index (χ0v) is 8.46. The third-order valence-corrected chi connectivity index (χ3v) is 2.59. The van der Waals surface area contributed by atoms with Gasteiger partial charge in [-0.05, 0) is 12.1 Å². The Morgan fingerprint density at radius 2 is 1.92 bits per heavy atom. The summed E-state index contributed by atoms with van der Waals surface area (Å²) in [6.45, 7) is 0. The van der Waals surface area contributed by atoms with Gasteiger partial charge in [0, 0.05) is 0 Å². The minimum absolute atomic E-state index is 0. The van der Waals surface area contributed by atoms with E-state index in [9.17, 15) is 12.8 Å². The van der Waals surface area contributed by atoms with Gasteiger partial charge in [-0.3, -0.25) is 4.55 Å². The Morgan fingerprint density at radius 3 is 2.31 bits per heavy atom. The molecule has 1 aromatic carbocycles. The fourth-order valence-electron chi connectivity index (χ4n) is 0.683. The summed E-state index contributed by atoms with van der Waals surface area (Å²) in [5.74, 6) is -0.883. The van der Waals surface area contributed by atoms with Gasteiger partial charge >= 0.3 is 0 Å². The Labute approximate surface area is 85.7 Å². The van der Waals surface area contributed by atoms with Gasteiger partial charge in [-0.25, -0.2) is 4.39 Å². The van der Waals surface area contributed by atoms with Gasteiger partial charge in [0.05, 0.1) is 5.02 Å². The molecule has 0 aliphatic rings. The standard InChI is InChI=1S/C6H4ClFO3S.ClH/c7-6-4(8)2-1-3-5(6)12(9,10)11;/h1-3H,(H,9,10,11);1H. The van der Waals surface area contributed by atoms with Crippen molar-refractivity contribution in [3.8, 4) is 0 Å². The van der Waals surface area contributed by atoms with Crippen LogP contribution in [-0.2, 0) is 10.1 Å². The minimum atomic E-state index is -4.43. The number of hydrogen-bond donors (Lipinski definition) is 1. The monoisotopic (exact) mass is 246 g/mol. The van der Waals surface area contributed by atoms with Crippen LogP contribution in [0.15, 0.2) is 23.1 Å². The van der Waals surface area contributed by atoms with Crippen LogP contribution in [0.5, 0.6) is 0 Å². The first kappa shape index (κ1) is 12.6. The van der Waals surface area contributed by atoms with Crippen molar-refractivity contribution in [2.45, 2.75) is 4.90 Å². The van der Waals surface area contributed by atoms with E-state index in [4.69, 9.17) is 16.2 Å². The van der Waals surface area contributed by atoms with Crippen molar-refractivity contribution >= 4 is 34.1 Å². The molecule has 0 atom stereocenters. The summed E-state index contributed by atoms with van der Waals surface area (Å²) < 4.78 is 42.1. The Hall–Kier alpha value is -0.360. The summed E-state index contributed by atoms with van der Waals surface area (Å²) in [7, 11) is -4.43. The summed E-state index contributed by atoms with van der Waals surface area (Å²) in [5.41, 5.74) is 0. The van der Waals surface area contributed by atoms with E-state index in [-0.39, 0.29) is 12.4 Å². The first-order valence-electron chi connectivity index (χ1n) is 2.84. The normalized spacial score (nSPS) is 10.7. The highest BCUT2D eigenvalue weighted by Gasteiger charge is 2.16. The minimum Gasteiger partial charge on any atom is -0.282 e. The Morgan fingerprint density at radius 1 is 1.38 bits per heavy atom. The van der Waals surface area contributed by atoms with Gasteiger partial charge < -0.3 is 0 Å². The number of hydrogen-bond acceptors (Lipinski definition) is 2. The Bertz CT molecular complexity index is 404. The van der Waals surface area contributed by atoms with Crippen LogP contribution < -0.4 is 0 Å². The van der Waals surface area contributed by atoms with E-state index in [0.717, 1.165) is 18.2 Å². The molecule has 0 heterocycles. The Kier molecular flexibility index (Phi) is 4.12. The van der Waals surface area contributed by atoms with Gasteiger partial charge in [-0.2, -0.15) is 8.42 Å². The summed E-state index contributed by atoms with van der Waals surface area (Å²) in [5, 5.41) is -0.597. The van der Waals surface area contributed by atoms with E-state index in [2.05, 4.69) is 0 Å². The van der Waals surface area contributed by atoms with Gasteiger partial charge in [-0.15, -0.1) is 12.4 Å². The lowest BCUT2D eigenvalue weighted by Gasteiger charge is -1.99. The average Bonchev–Trinajstić information content (AvgIpc) is 1.92. The number of halogens is 3. The maximum Gasteiger partial charge on any atom is 0.296 e. The molecule has 0 aliphatic heterocycles. The highest BCUT2D eigenvalue weighted by Crippen LogP contribution is 2.23. The van der Waals surface area contributed by atoms with Crippen LogP contribution in [0, 0.1) is 5.82 Å². The van der Waals surface area contributed by atoms with Crippen LogP contribution in [0.25, 0.3) is 0 Å². The molecule has 0 radical (unpaired) electrons. The molecular weight excluding hydrogens is 242 g/mol. The van der Waals surface area contributed by atoms with Gasteiger partial charge in [0.1, 0.15) is 10.7 Å². The van der Waals surface area contributed by atoms with Crippen LogP contribution in [0.1, 0.15) is 0 Å². The van der Waals surface area contributed by atoms with E-state index in [1.54, 1.807) is 0 Å². The van der Waals surface area contributed by atoms with Crippen LogP contribution in [0.2, 0.25) is 5.02 Å². The molecule has 7 heteroatoms. The molecule has 1 aromatic rings. The zero-order chi connectivity index (χ0) is 9.35. The lowest BCUT2D eigenvalue weighted by atomic mass is 10.3. The summed E-state index contributed by atoms with van der Waals surface area (Å²) in [4.78, 5) is -0.621. The molecule has 1 N–H and O–H groups in total. The molecule has 0 saturated carbocycles. The molecule has 0 aliphatic carbocycles. The van der Waals surface area contributed by atoms with Crippen molar-refractivity contribution in [2.24, 2.45) is 0 Å². The fraction of sp³-hybridized carbons (Fsp3) is 0. The molecule has 0 unspecified atom stereocenters. The highest BCUT2D eigenvalue weighted by molar-refractivity contribution is 7.86. The number of benzene rings is 1. The summed E-state index contributed by atoms with van der Waals surface area (Å²) in [6.07, 6.45) is 0. The zero-order valence-electron chi connectivity index (χ0n) is 6.07. The van der Waals surface area contributed by atoms with Crippen LogP contribution >= 0.6 is 24.0 Å². The highest BCUT2D eigenvalue weighted by atomic mass is 35.5. The van der Waals surface area contributed by atoms with E-state index >= 15 is 0 Å². The molecule has 3 nitrogen and oxygen atoms in total. The molecule has 0 fully saturated rings. The third-order valence-electron chi connectivity index (χ3n) is 1.19. The molecule has 1 rings (SSSR count). The number of rotatable bonds is 1. The average molecular weight is 247 g/mol. The quantitative estimate of drug-likeness (QED) is 0.773. The van der Waals surface area contributed by atoms with E-state index < -0.39 is 25.9 Å². The van der Waals surface area contributed by atoms with E-state index in [1.165, 1.54) is 0 Å². The largest absolute Gasteiger partial charge is 0.296 e. The van der Waals surface area contributed by atoms with Gasteiger partial charge in [0.25, 0.3) is 10.1 Å². The van der Waals surface area contributed by atoms with Crippen LogP contribution in [0.3, 0.4) is 0 Å². The lowest BCUT2D eigenvalue weighted by molar-refractivity contribution is 0.482. The van der Waals surface area contributed by atoms with Crippen molar-refractivity contribution in [1.82, 2.24) is 0 Å². The summed E-state index contributed by atoms with van der Waals surface area (Å²) >= 11 is 5.26. The Balaban J connectivity index is 0.00000144. The maximum atomic E-state index is 12.6. The lowest BCUT2D eigenvalue weighted by Crippen LogP contribution is -1.99. The molecule has 0 aromatic heterocycles. The molecule has 74 valence electrons. The molecular formula is C6H5Cl2FO3S. The molecule has 0 amide bonds. The molecule has 0 spiro atoms. The van der Waals surface area contributed by atoms with Gasteiger partial charge in [0.2, 0.25) is 0 Å². The predicted octanol–water partition coefficient (Wildman–Crippen LogP) is 2.15. The second-order valence-corrected chi connectivity index (χ2v) is 3.79. The maximum absolute atomic E-state index is 12.6. The fourth-order valence-corrected chi connectivity index (χ4v) is 1.68. The van der Waals surface area contributed by atoms with Crippen molar-refractivity contribution in [3.63, 3.8) is 0 Å². The summed E-state index contributed by atoms with van der Waals surface area (Å²) in [6, 6.07) is 3.15. The van der Waals surface area contributed by atoms with E-state index in [0.29, 0.717) is 0 Å². The van der Waals surface area contributed by atoms with Crippen molar-refractivity contribution in [3.05, 3.63) is 29.0 Å². The smallest absolute Gasteiger partial charge is 0.282 e. The topological polar surface area (TPSA) is 54.4 Å². The second-order valence-electron chi connectivity index (χ2n) is 2.03. The molecule has 13 heavy (non-hydrogen) atoms. The molecule has 0 saturated heterocycles.